The minimum absolute atomic E-state index is 0.0783. The summed E-state index contributed by atoms with van der Waals surface area (Å²) < 4.78 is 17.0. The van der Waals surface area contributed by atoms with Crippen molar-refractivity contribution < 1.29 is 19.0 Å². The maximum atomic E-state index is 13.3. The fourth-order valence-electron chi connectivity index (χ4n) is 4.55. The molecule has 4 rings (SSSR count). The third-order valence-electron chi connectivity index (χ3n) is 6.12. The van der Waals surface area contributed by atoms with Gasteiger partial charge < -0.3 is 19.5 Å². The van der Waals surface area contributed by atoms with Crippen LogP contribution in [0.15, 0.2) is 64.3 Å². The molecule has 6 nitrogen and oxygen atoms in total. The summed E-state index contributed by atoms with van der Waals surface area (Å²) in [5, 5.41) is 3.04. The second kappa shape index (κ2) is 10.9. The van der Waals surface area contributed by atoms with Gasteiger partial charge in [-0.3, -0.25) is 9.59 Å². The Hall–Kier alpha value is -3.45. The standard InChI is InChI=1S/C28H29NO5S/c1-17(30)29-22-12-10-19-14-24(32-2)27(33-3)28(34-4)26(19)20-11-13-25(23(31)15-21(20)22)35-16-18-8-6-5-7-9-18/h5-9,11,13-15,22H,10,12,16H2,1-4H3,(H,29,30)/t22-/m0/s1. The summed E-state index contributed by atoms with van der Waals surface area (Å²) in [7, 11) is 4.76. The number of benzene rings is 2. The SMILES string of the molecule is COc1cc2c(c(OC)c1OC)-c1ccc(SCc3ccccc3)c(=O)cc1[C@@H](NC(C)=O)CC2. The van der Waals surface area contributed by atoms with Crippen molar-refractivity contribution in [1.82, 2.24) is 5.32 Å². The van der Waals surface area contributed by atoms with E-state index in [-0.39, 0.29) is 17.4 Å². The first-order chi connectivity index (χ1) is 17.0. The number of nitrogens with one attached hydrogen (secondary N) is 1. The van der Waals surface area contributed by atoms with E-state index in [9.17, 15) is 9.59 Å². The second-order valence-corrected chi connectivity index (χ2v) is 9.34. The van der Waals surface area contributed by atoms with Crippen LogP contribution in [0, 0.1) is 0 Å². The molecule has 0 bridgehead atoms. The lowest BCUT2D eigenvalue weighted by atomic mass is 9.95. The van der Waals surface area contributed by atoms with Crippen LogP contribution in [0.25, 0.3) is 11.1 Å². The van der Waals surface area contributed by atoms with Crippen molar-refractivity contribution in [2.45, 2.75) is 36.5 Å². The number of carbonyl (C=O) groups is 1. The summed E-state index contributed by atoms with van der Waals surface area (Å²) in [6, 6.07) is 17.2. The lowest BCUT2D eigenvalue weighted by molar-refractivity contribution is -0.119. The minimum Gasteiger partial charge on any atom is -0.493 e. The largest absolute Gasteiger partial charge is 0.493 e. The monoisotopic (exact) mass is 491 g/mol. The summed E-state index contributed by atoms with van der Waals surface area (Å²) in [5.41, 5.74) is 4.52. The summed E-state index contributed by atoms with van der Waals surface area (Å²) in [6.45, 7) is 1.49. The van der Waals surface area contributed by atoms with E-state index in [4.69, 9.17) is 14.2 Å². The molecular weight excluding hydrogens is 462 g/mol. The molecule has 0 radical (unpaired) electrons. The van der Waals surface area contributed by atoms with Crippen LogP contribution in [0.4, 0.5) is 0 Å². The maximum absolute atomic E-state index is 13.3. The van der Waals surface area contributed by atoms with Crippen LogP contribution in [0.2, 0.25) is 0 Å². The third kappa shape index (κ3) is 5.15. The van der Waals surface area contributed by atoms with Crippen LogP contribution in [0.5, 0.6) is 17.2 Å². The number of hydrogen-bond acceptors (Lipinski definition) is 6. The maximum Gasteiger partial charge on any atom is 0.217 e. The van der Waals surface area contributed by atoms with Gasteiger partial charge in [0, 0.05) is 18.2 Å². The first kappa shape index (κ1) is 24.7. The minimum atomic E-state index is -0.316. The van der Waals surface area contributed by atoms with Crippen LogP contribution in [0.3, 0.4) is 0 Å². The molecule has 3 aromatic rings. The Morgan fingerprint density at radius 2 is 1.74 bits per heavy atom. The lowest BCUT2D eigenvalue weighted by Gasteiger charge is -2.19. The number of fused-ring (bicyclic) bond motifs is 3. The molecule has 3 aromatic carbocycles. The van der Waals surface area contributed by atoms with Gasteiger partial charge in [0.05, 0.1) is 32.3 Å². The van der Waals surface area contributed by atoms with Gasteiger partial charge in [-0.15, -0.1) is 11.8 Å². The molecule has 0 aliphatic heterocycles. The van der Waals surface area contributed by atoms with Gasteiger partial charge in [-0.05, 0) is 53.3 Å². The molecule has 0 heterocycles. The van der Waals surface area contributed by atoms with Crippen molar-refractivity contribution in [2.24, 2.45) is 0 Å². The van der Waals surface area contributed by atoms with E-state index in [2.05, 4.69) is 5.32 Å². The first-order valence-corrected chi connectivity index (χ1v) is 12.4. The van der Waals surface area contributed by atoms with Crippen molar-refractivity contribution in [3.63, 3.8) is 0 Å². The Labute approximate surface area is 209 Å². The van der Waals surface area contributed by atoms with Crippen LogP contribution < -0.4 is 25.0 Å². The number of hydrogen-bond donors (Lipinski definition) is 1. The molecular formula is C28H29NO5S. The van der Waals surface area contributed by atoms with Gasteiger partial charge in [-0.2, -0.15) is 0 Å². The van der Waals surface area contributed by atoms with Crippen molar-refractivity contribution in [2.75, 3.05) is 21.3 Å². The molecule has 0 fully saturated rings. The number of rotatable bonds is 7. The molecule has 0 saturated carbocycles. The summed E-state index contributed by atoms with van der Waals surface area (Å²) >= 11 is 1.50. The van der Waals surface area contributed by atoms with E-state index in [1.54, 1.807) is 27.4 Å². The predicted octanol–water partition coefficient (Wildman–Crippen LogP) is 5.16. The lowest BCUT2D eigenvalue weighted by Crippen LogP contribution is -2.26. The van der Waals surface area contributed by atoms with Crippen LogP contribution >= 0.6 is 11.8 Å². The molecule has 7 heteroatoms. The average molecular weight is 492 g/mol. The molecule has 1 amide bonds. The Morgan fingerprint density at radius 1 is 1.00 bits per heavy atom. The van der Waals surface area contributed by atoms with E-state index in [1.165, 1.54) is 18.7 Å². The first-order valence-electron chi connectivity index (χ1n) is 11.4. The highest BCUT2D eigenvalue weighted by atomic mass is 32.2. The second-order valence-electron chi connectivity index (χ2n) is 8.32. The molecule has 1 N–H and O–H groups in total. The Bertz CT molecular complexity index is 1290. The van der Waals surface area contributed by atoms with Gasteiger partial charge in [0.15, 0.2) is 16.9 Å². The van der Waals surface area contributed by atoms with E-state index in [1.807, 2.05) is 48.5 Å². The molecule has 182 valence electrons. The highest BCUT2D eigenvalue weighted by molar-refractivity contribution is 7.98. The Morgan fingerprint density at radius 3 is 2.40 bits per heavy atom. The van der Waals surface area contributed by atoms with Gasteiger partial charge in [0.2, 0.25) is 11.7 Å². The molecule has 0 unspecified atom stereocenters. The average Bonchev–Trinajstić information content (AvgIpc) is 3.10. The fourth-order valence-corrected chi connectivity index (χ4v) is 5.43. The normalized spacial score (nSPS) is 14.2. The topological polar surface area (TPSA) is 73.9 Å². The number of ether oxygens (including phenoxy) is 3. The number of carbonyl (C=O) groups excluding carboxylic acids is 1. The smallest absolute Gasteiger partial charge is 0.217 e. The third-order valence-corrected chi connectivity index (χ3v) is 7.24. The van der Waals surface area contributed by atoms with Gasteiger partial charge >= 0.3 is 0 Å². The van der Waals surface area contributed by atoms with Crippen molar-refractivity contribution in [3.8, 4) is 28.4 Å². The Balaban J connectivity index is 1.91. The highest BCUT2D eigenvalue weighted by Crippen LogP contribution is 2.50. The number of amides is 1. The number of thioether (sulfide) groups is 1. The van der Waals surface area contributed by atoms with Gasteiger partial charge in [-0.1, -0.05) is 36.4 Å². The van der Waals surface area contributed by atoms with Crippen molar-refractivity contribution in [3.05, 3.63) is 81.5 Å². The molecule has 0 spiro atoms. The highest BCUT2D eigenvalue weighted by Gasteiger charge is 2.29. The van der Waals surface area contributed by atoms with Crippen LogP contribution in [0.1, 0.15) is 36.1 Å². The Kier molecular flexibility index (Phi) is 7.66. The molecule has 1 aliphatic carbocycles. The van der Waals surface area contributed by atoms with E-state index < -0.39 is 0 Å². The predicted molar refractivity (Wildman–Crippen MR) is 139 cm³/mol. The van der Waals surface area contributed by atoms with Gasteiger partial charge in [0.25, 0.3) is 0 Å². The van der Waals surface area contributed by atoms with E-state index >= 15 is 0 Å². The van der Waals surface area contributed by atoms with Crippen molar-refractivity contribution in [1.29, 1.82) is 0 Å². The van der Waals surface area contributed by atoms with E-state index in [0.29, 0.717) is 40.7 Å². The molecule has 1 aliphatic rings. The zero-order valence-corrected chi connectivity index (χ0v) is 21.2. The molecule has 0 saturated heterocycles. The number of methoxy groups -OCH3 is 3. The fraction of sp³-hybridized carbons (Fsp3) is 0.286. The van der Waals surface area contributed by atoms with Gasteiger partial charge in [0.1, 0.15) is 0 Å². The summed E-state index contributed by atoms with van der Waals surface area (Å²) in [6.07, 6.45) is 1.30. The quantitative estimate of drug-likeness (QED) is 0.461. The molecule has 35 heavy (non-hydrogen) atoms. The zero-order chi connectivity index (χ0) is 24.9. The van der Waals surface area contributed by atoms with Crippen LogP contribution in [-0.2, 0) is 17.0 Å². The molecule has 0 aromatic heterocycles. The molecule has 1 atom stereocenters. The van der Waals surface area contributed by atoms with E-state index in [0.717, 1.165) is 27.8 Å². The number of aryl methyl sites for hydroxylation is 1. The summed E-state index contributed by atoms with van der Waals surface area (Å²) in [4.78, 5) is 26.0. The van der Waals surface area contributed by atoms with Gasteiger partial charge in [-0.25, -0.2) is 0 Å². The van der Waals surface area contributed by atoms with Crippen molar-refractivity contribution >= 4 is 17.7 Å². The van der Waals surface area contributed by atoms with Crippen LogP contribution in [-0.4, -0.2) is 27.2 Å². The zero-order valence-electron chi connectivity index (χ0n) is 20.3. The summed E-state index contributed by atoms with van der Waals surface area (Å²) in [5.74, 6) is 2.15.